The van der Waals surface area contributed by atoms with Crippen LogP contribution in [0.15, 0.2) is 47.4 Å². The van der Waals surface area contributed by atoms with E-state index in [1.165, 1.54) is 23.5 Å². The molecule has 0 radical (unpaired) electrons. The maximum Gasteiger partial charge on any atom is 0.243 e. The Morgan fingerprint density at radius 2 is 1.80 bits per heavy atom. The molecule has 6 nitrogen and oxygen atoms in total. The molecule has 0 amide bonds. The van der Waals surface area contributed by atoms with Gasteiger partial charge in [0.15, 0.2) is 11.5 Å². The first-order valence-electron chi connectivity index (χ1n) is 7.67. The zero-order valence-electron chi connectivity index (χ0n) is 14.4. The molecule has 2 aromatic carbocycles. The minimum Gasteiger partial charge on any atom is -0.493 e. The van der Waals surface area contributed by atoms with Gasteiger partial charge in [0.05, 0.1) is 30.7 Å². The van der Waals surface area contributed by atoms with Crippen LogP contribution in [-0.4, -0.2) is 33.5 Å². The average molecular weight is 360 g/mol. The molecule has 0 unspecified atom stereocenters. The summed E-state index contributed by atoms with van der Waals surface area (Å²) < 4.78 is 37.6. The van der Waals surface area contributed by atoms with Crippen LogP contribution in [0.3, 0.4) is 0 Å². The molecule has 0 bridgehead atoms. The first-order chi connectivity index (χ1) is 12.0. The molecule has 2 aromatic rings. The van der Waals surface area contributed by atoms with Crippen LogP contribution in [0.25, 0.3) is 0 Å². The van der Waals surface area contributed by atoms with Crippen molar-refractivity contribution in [3.8, 4) is 17.6 Å². The Hall–Kier alpha value is -2.56. The molecule has 0 aromatic heterocycles. The van der Waals surface area contributed by atoms with Gasteiger partial charge >= 0.3 is 0 Å². The molecule has 0 aliphatic carbocycles. The fourth-order valence-corrected chi connectivity index (χ4v) is 3.91. The highest BCUT2D eigenvalue weighted by molar-refractivity contribution is 7.89. The summed E-state index contributed by atoms with van der Waals surface area (Å²) in [5.41, 5.74) is 1.09. The summed E-state index contributed by atoms with van der Waals surface area (Å²) in [4.78, 5) is 0.105. The van der Waals surface area contributed by atoms with E-state index in [0.717, 1.165) is 5.56 Å². The number of methoxy groups -OCH3 is 2. The number of hydrogen-bond donors (Lipinski definition) is 0. The normalized spacial score (nSPS) is 11.2. The summed E-state index contributed by atoms with van der Waals surface area (Å²) in [5.74, 6) is 1.12. The lowest BCUT2D eigenvalue weighted by Crippen LogP contribution is -2.30. The summed E-state index contributed by atoms with van der Waals surface area (Å²) in [5, 5.41) is 8.98. The van der Waals surface area contributed by atoms with Crippen molar-refractivity contribution in [2.45, 2.75) is 18.4 Å². The SMILES string of the molecule is CCN(Cc1ccc(OC)c(OC)c1)S(=O)(=O)c1cccc(C#N)c1. The van der Waals surface area contributed by atoms with Crippen molar-refractivity contribution in [1.29, 1.82) is 5.26 Å². The first kappa shape index (κ1) is 18.8. The predicted octanol–water partition coefficient (Wildman–Crippen LogP) is 2.79. The smallest absolute Gasteiger partial charge is 0.243 e. The lowest BCUT2D eigenvalue weighted by Gasteiger charge is -2.21. The molecule has 0 spiro atoms. The van der Waals surface area contributed by atoms with Gasteiger partial charge in [0.25, 0.3) is 0 Å². The molecule has 0 heterocycles. The Kier molecular flexibility index (Phi) is 6.02. The minimum absolute atomic E-state index is 0.105. The number of rotatable bonds is 7. The molecule has 25 heavy (non-hydrogen) atoms. The second kappa shape index (κ2) is 8.01. The molecule has 0 atom stereocenters. The second-order valence-corrected chi connectivity index (χ2v) is 7.20. The molecule has 0 N–H and O–H groups in total. The number of benzene rings is 2. The van der Waals surface area contributed by atoms with Gasteiger partial charge in [-0.25, -0.2) is 8.42 Å². The van der Waals surface area contributed by atoms with Gasteiger partial charge in [-0.15, -0.1) is 0 Å². The van der Waals surface area contributed by atoms with Crippen LogP contribution in [0.4, 0.5) is 0 Å². The van der Waals surface area contributed by atoms with Crippen molar-refractivity contribution in [3.63, 3.8) is 0 Å². The van der Waals surface area contributed by atoms with Crippen molar-refractivity contribution in [1.82, 2.24) is 4.31 Å². The lowest BCUT2D eigenvalue weighted by atomic mass is 10.2. The molecule has 0 aliphatic heterocycles. The largest absolute Gasteiger partial charge is 0.493 e. The molecule has 132 valence electrons. The number of nitrogens with zero attached hydrogens (tertiary/aromatic N) is 2. The molecular formula is C18H20N2O4S. The Labute approximate surface area is 148 Å². The monoisotopic (exact) mass is 360 g/mol. The second-order valence-electron chi connectivity index (χ2n) is 5.26. The van der Waals surface area contributed by atoms with Crippen LogP contribution in [-0.2, 0) is 16.6 Å². The van der Waals surface area contributed by atoms with Gasteiger partial charge in [0.2, 0.25) is 10.0 Å². The Balaban J connectivity index is 2.34. The highest BCUT2D eigenvalue weighted by Gasteiger charge is 2.24. The standard InChI is InChI=1S/C18H20N2O4S/c1-4-20(13-15-8-9-17(23-2)18(11-15)24-3)25(21,22)16-7-5-6-14(10-16)12-19/h5-11H,4,13H2,1-3H3. The summed E-state index contributed by atoms with van der Waals surface area (Å²) in [6.07, 6.45) is 0. The highest BCUT2D eigenvalue weighted by atomic mass is 32.2. The van der Waals surface area contributed by atoms with Crippen molar-refractivity contribution in [3.05, 3.63) is 53.6 Å². The predicted molar refractivity (Wildman–Crippen MR) is 94.0 cm³/mol. The number of sulfonamides is 1. The highest BCUT2D eigenvalue weighted by Crippen LogP contribution is 2.29. The van der Waals surface area contributed by atoms with Crippen molar-refractivity contribution in [2.24, 2.45) is 0 Å². The fourth-order valence-electron chi connectivity index (χ4n) is 2.42. The van der Waals surface area contributed by atoms with E-state index in [1.807, 2.05) is 6.07 Å². The van der Waals surface area contributed by atoms with Crippen LogP contribution in [0.1, 0.15) is 18.1 Å². The van der Waals surface area contributed by atoms with Gasteiger partial charge < -0.3 is 9.47 Å². The van der Waals surface area contributed by atoms with Crippen LogP contribution in [0.2, 0.25) is 0 Å². The lowest BCUT2D eigenvalue weighted by molar-refractivity contribution is 0.353. The molecular weight excluding hydrogens is 340 g/mol. The number of hydrogen-bond acceptors (Lipinski definition) is 5. The minimum atomic E-state index is -3.71. The van der Waals surface area contributed by atoms with Gasteiger partial charge in [-0.2, -0.15) is 9.57 Å². The Bertz CT molecular complexity index is 888. The fraction of sp³-hybridized carbons (Fsp3) is 0.278. The average Bonchev–Trinajstić information content (AvgIpc) is 2.65. The van der Waals surface area contributed by atoms with Crippen LogP contribution >= 0.6 is 0 Å². The maximum atomic E-state index is 12.9. The van der Waals surface area contributed by atoms with Crippen molar-refractivity contribution >= 4 is 10.0 Å². The van der Waals surface area contributed by atoms with E-state index < -0.39 is 10.0 Å². The molecule has 0 fully saturated rings. The third kappa shape index (κ3) is 4.10. The molecule has 0 saturated heterocycles. The summed E-state index contributed by atoms with van der Waals surface area (Å²) in [6, 6.07) is 13.3. The Morgan fingerprint density at radius 1 is 1.08 bits per heavy atom. The van der Waals surface area contributed by atoms with Crippen molar-refractivity contribution < 1.29 is 17.9 Å². The molecule has 0 aliphatic rings. The molecule has 2 rings (SSSR count). The van der Waals surface area contributed by atoms with Crippen LogP contribution in [0, 0.1) is 11.3 Å². The van der Waals surface area contributed by atoms with E-state index in [9.17, 15) is 8.42 Å². The summed E-state index contributed by atoms with van der Waals surface area (Å²) in [7, 11) is -0.632. The summed E-state index contributed by atoms with van der Waals surface area (Å²) in [6.45, 7) is 2.26. The van der Waals surface area contributed by atoms with Crippen LogP contribution in [0.5, 0.6) is 11.5 Å². The van der Waals surface area contributed by atoms with Gasteiger partial charge in [-0.1, -0.05) is 19.1 Å². The molecule has 7 heteroatoms. The number of ether oxygens (including phenoxy) is 2. The maximum absolute atomic E-state index is 12.9. The Morgan fingerprint density at radius 3 is 2.40 bits per heavy atom. The van der Waals surface area contributed by atoms with Crippen LogP contribution < -0.4 is 9.47 Å². The van der Waals surface area contributed by atoms with E-state index in [1.54, 1.807) is 44.4 Å². The van der Waals surface area contributed by atoms with E-state index >= 15 is 0 Å². The van der Waals surface area contributed by atoms with Gasteiger partial charge in [-0.3, -0.25) is 0 Å². The topological polar surface area (TPSA) is 79.6 Å². The van der Waals surface area contributed by atoms with Gasteiger partial charge in [0, 0.05) is 13.1 Å². The van der Waals surface area contributed by atoms with E-state index in [-0.39, 0.29) is 11.4 Å². The van der Waals surface area contributed by atoms with E-state index in [2.05, 4.69) is 0 Å². The third-order valence-electron chi connectivity index (χ3n) is 3.76. The van der Waals surface area contributed by atoms with E-state index in [0.29, 0.717) is 23.6 Å². The quantitative estimate of drug-likeness (QED) is 0.758. The summed E-state index contributed by atoms with van der Waals surface area (Å²) >= 11 is 0. The third-order valence-corrected chi connectivity index (χ3v) is 5.68. The first-order valence-corrected chi connectivity index (χ1v) is 9.11. The van der Waals surface area contributed by atoms with Gasteiger partial charge in [0.1, 0.15) is 0 Å². The van der Waals surface area contributed by atoms with Crippen molar-refractivity contribution in [2.75, 3.05) is 20.8 Å². The zero-order valence-corrected chi connectivity index (χ0v) is 15.2. The van der Waals surface area contributed by atoms with Gasteiger partial charge in [-0.05, 0) is 35.9 Å². The van der Waals surface area contributed by atoms with E-state index in [4.69, 9.17) is 14.7 Å². The molecule has 0 saturated carbocycles. The zero-order chi connectivity index (χ0) is 18.4. The number of nitriles is 1.